The van der Waals surface area contributed by atoms with Gasteiger partial charge in [-0.1, -0.05) is 0 Å². The van der Waals surface area contributed by atoms with E-state index in [1.807, 2.05) is 4.57 Å². The minimum absolute atomic E-state index is 0.251. The van der Waals surface area contributed by atoms with E-state index >= 15 is 0 Å². The second kappa shape index (κ2) is 5.39. The highest BCUT2D eigenvalue weighted by Crippen LogP contribution is 2.06. The van der Waals surface area contributed by atoms with E-state index in [0.717, 1.165) is 5.82 Å². The second-order valence-electron chi connectivity index (χ2n) is 4.11. The minimum Gasteiger partial charge on any atom is -0.350 e. The number of nitrogens with zero attached hydrogens (tertiary/aromatic N) is 5. The molecule has 2 aromatic heterocycles. The first-order valence-electron chi connectivity index (χ1n) is 5.71. The van der Waals surface area contributed by atoms with Crippen molar-refractivity contribution in [2.45, 2.75) is 26.3 Å². The van der Waals surface area contributed by atoms with Gasteiger partial charge in [-0.15, -0.1) is 10.2 Å². The van der Waals surface area contributed by atoms with Crippen molar-refractivity contribution in [3.05, 3.63) is 24.0 Å². The summed E-state index contributed by atoms with van der Waals surface area (Å²) in [6.45, 7) is 4.60. The van der Waals surface area contributed by atoms with Gasteiger partial charge in [-0.2, -0.15) is 15.4 Å². The van der Waals surface area contributed by atoms with Gasteiger partial charge in [0.15, 0.2) is 5.69 Å². The number of nitrogens with one attached hydrogen (secondary N) is 2. The molecule has 0 spiro atoms. The van der Waals surface area contributed by atoms with E-state index in [9.17, 15) is 4.79 Å². The van der Waals surface area contributed by atoms with Crippen molar-refractivity contribution in [2.75, 3.05) is 6.54 Å². The van der Waals surface area contributed by atoms with Gasteiger partial charge in [-0.25, -0.2) is 0 Å². The van der Waals surface area contributed by atoms with Crippen LogP contribution in [0.25, 0.3) is 0 Å². The third-order valence-corrected chi connectivity index (χ3v) is 2.49. The molecule has 8 nitrogen and oxygen atoms in total. The standard InChI is InChI=1S/C10H15N7O/c1-7(2)17-6-13-15-9(17)3-4-11-10(18)8-5-12-16-14-8/h5-7H,3-4H2,1-2H3,(H,11,18)(H,12,14,16). The van der Waals surface area contributed by atoms with Gasteiger partial charge in [-0.05, 0) is 13.8 Å². The third-order valence-electron chi connectivity index (χ3n) is 2.49. The normalized spacial score (nSPS) is 10.8. The van der Waals surface area contributed by atoms with Gasteiger partial charge in [0.05, 0.1) is 6.20 Å². The van der Waals surface area contributed by atoms with Gasteiger partial charge < -0.3 is 9.88 Å². The van der Waals surface area contributed by atoms with Gasteiger partial charge in [0.25, 0.3) is 5.91 Å². The Hall–Kier alpha value is -2.25. The van der Waals surface area contributed by atoms with Gasteiger partial charge in [0.2, 0.25) is 0 Å². The Labute approximate surface area is 104 Å². The molecule has 0 fully saturated rings. The second-order valence-corrected chi connectivity index (χ2v) is 4.11. The van der Waals surface area contributed by atoms with Gasteiger partial charge in [0.1, 0.15) is 12.2 Å². The third kappa shape index (κ3) is 2.70. The van der Waals surface area contributed by atoms with Gasteiger partial charge in [0, 0.05) is 19.0 Å². The van der Waals surface area contributed by atoms with Crippen molar-refractivity contribution < 1.29 is 4.79 Å². The number of carbonyl (C=O) groups excluding carboxylic acids is 1. The molecule has 0 aliphatic carbocycles. The largest absolute Gasteiger partial charge is 0.350 e. The lowest BCUT2D eigenvalue weighted by atomic mass is 10.3. The fourth-order valence-corrected chi connectivity index (χ4v) is 1.57. The van der Waals surface area contributed by atoms with Crippen molar-refractivity contribution >= 4 is 5.91 Å². The summed E-state index contributed by atoms with van der Waals surface area (Å²) in [6, 6.07) is 0.307. The lowest BCUT2D eigenvalue weighted by molar-refractivity contribution is 0.0949. The molecule has 2 heterocycles. The quantitative estimate of drug-likeness (QED) is 0.773. The Morgan fingerprint density at radius 2 is 2.39 bits per heavy atom. The highest BCUT2D eigenvalue weighted by Gasteiger charge is 2.10. The maximum absolute atomic E-state index is 11.6. The molecule has 8 heteroatoms. The van der Waals surface area contributed by atoms with Crippen LogP contribution in [0.2, 0.25) is 0 Å². The van der Waals surface area contributed by atoms with E-state index < -0.39 is 0 Å². The molecular weight excluding hydrogens is 234 g/mol. The summed E-state index contributed by atoms with van der Waals surface area (Å²) in [4.78, 5) is 11.6. The first kappa shape index (κ1) is 12.2. The summed E-state index contributed by atoms with van der Waals surface area (Å²) >= 11 is 0. The van der Waals surface area contributed by atoms with E-state index in [2.05, 4.69) is 44.8 Å². The van der Waals surface area contributed by atoms with E-state index in [1.165, 1.54) is 6.20 Å². The fourth-order valence-electron chi connectivity index (χ4n) is 1.57. The maximum Gasteiger partial charge on any atom is 0.273 e. The number of hydrogen-bond acceptors (Lipinski definition) is 5. The molecule has 0 unspecified atom stereocenters. The molecule has 0 saturated heterocycles. The first-order chi connectivity index (χ1) is 8.68. The SMILES string of the molecule is CC(C)n1cnnc1CCNC(=O)c1cn[nH]n1. The number of carbonyl (C=O) groups is 1. The van der Waals surface area contributed by atoms with Crippen LogP contribution in [-0.2, 0) is 6.42 Å². The number of amides is 1. The first-order valence-corrected chi connectivity index (χ1v) is 5.71. The van der Waals surface area contributed by atoms with E-state index in [1.54, 1.807) is 6.33 Å². The van der Waals surface area contributed by atoms with Crippen LogP contribution in [0.4, 0.5) is 0 Å². The van der Waals surface area contributed by atoms with Crippen molar-refractivity contribution in [2.24, 2.45) is 0 Å². The van der Waals surface area contributed by atoms with Gasteiger partial charge >= 0.3 is 0 Å². The summed E-state index contributed by atoms with van der Waals surface area (Å²) in [5, 5.41) is 20.3. The summed E-state index contributed by atoms with van der Waals surface area (Å²) in [6.07, 6.45) is 3.70. The average Bonchev–Trinajstić information content (AvgIpc) is 2.99. The lowest BCUT2D eigenvalue weighted by Gasteiger charge is -2.09. The smallest absolute Gasteiger partial charge is 0.273 e. The monoisotopic (exact) mass is 249 g/mol. The number of H-pyrrole nitrogens is 1. The lowest BCUT2D eigenvalue weighted by Crippen LogP contribution is -2.27. The van der Waals surface area contributed by atoms with Crippen LogP contribution in [0, 0.1) is 0 Å². The van der Waals surface area contributed by atoms with Crippen LogP contribution in [0.3, 0.4) is 0 Å². The van der Waals surface area contributed by atoms with E-state index in [-0.39, 0.29) is 11.6 Å². The Kier molecular flexibility index (Phi) is 3.66. The molecule has 2 N–H and O–H groups in total. The Morgan fingerprint density at radius 1 is 1.56 bits per heavy atom. The molecule has 18 heavy (non-hydrogen) atoms. The van der Waals surface area contributed by atoms with Crippen LogP contribution < -0.4 is 5.32 Å². The molecule has 0 bridgehead atoms. The number of hydrogen-bond donors (Lipinski definition) is 2. The number of aromatic nitrogens is 6. The van der Waals surface area contributed by atoms with Crippen molar-refractivity contribution in [3.8, 4) is 0 Å². The molecule has 96 valence electrons. The Morgan fingerprint density at radius 3 is 3.06 bits per heavy atom. The molecule has 0 atom stereocenters. The summed E-state index contributed by atoms with van der Waals surface area (Å²) < 4.78 is 1.97. The highest BCUT2D eigenvalue weighted by atomic mass is 16.1. The minimum atomic E-state index is -0.251. The Balaban J connectivity index is 1.85. The Bertz CT molecular complexity index is 502. The fraction of sp³-hybridized carbons (Fsp3) is 0.500. The zero-order valence-electron chi connectivity index (χ0n) is 10.3. The number of aromatic amines is 1. The highest BCUT2D eigenvalue weighted by molar-refractivity contribution is 5.91. The summed E-state index contributed by atoms with van der Waals surface area (Å²) in [5.74, 6) is 0.602. The number of rotatable bonds is 5. The zero-order valence-corrected chi connectivity index (χ0v) is 10.3. The van der Waals surface area contributed by atoms with Crippen LogP contribution in [0.1, 0.15) is 36.2 Å². The molecule has 0 saturated carbocycles. The van der Waals surface area contributed by atoms with Crippen LogP contribution in [0.15, 0.2) is 12.5 Å². The van der Waals surface area contributed by atoms with Crippen molar-refractivity contribution in [1.82, 2.24) is 35.5 Å². The summed E-state index contributed by atoms with van der Waals surface area (Å²) in [7, 11) is 0. The van der Waals surface area contributed by atoms with Gasteiger partial charge in [-0.3, -0.25) is 4.79 Å². The zero-order chi connectivity index (χ0) is 13.0. The van der Waals surface area contributed by atoms with Crippen molar-refractivity contribution in [1.29, 1.82) is 0 Å². The van der Waals surface area contributed by atoms with Crippen LogP contribution in [0.5, 0.6) is 0 Å². The predicted molar refractivity (Wildman–Crippen MR) is 62.8 cm³/mol. The maximum atomic E-state index is 11.6. The summed E-state index contributed by atoms with van der Waals surface area (Å²) in [5.41, 5.74) is 0.278. The van der Waals surface area contributed by atoms with E-state index in [0.29, 0.717) is 19.0 Å². The average molecular weight is 249 g/mol. The molecule has 0 aliphatic heterocycles. The molecule has 0 aliphatic rings. The molecule has 2 rings (SSSR count). The molecule has 1 amide bonds. The molecule has 0 radical (unpaired) electrons. The molecular formula is C10H15N7O. The van der Waals surface area contributed by atoms with Crippen LogP contribution in [-0.4, -0.2) is 42.6 Å². The van der Waals surface area contributed by atoms with E-state index in [4.69, 9.17) is 0 Å². The predicted octanol–water partition coefficient (Wildman–Crippen LogP) is -0.0504. The van der Waals surface area contributed by atoms with Crippen LogP contribution >= 0.6 is 0 Å². The topological polar surface area (TPSA) is 101 Å². The molecule has 0 aromatic carbocycles. The van der Waals surface area contributed by atoms with Crippen molar-refractivity contribution in [3.63, 3.8) is 0 Å². The molecule has 2 aromatic rings.